The lowest BCUT2D eigenvalue weighted by Crippen LogP contribution is -2.02. The molecule has 2 N–H and O–H groups in total. The molecule has 0 fully saturated rings. The summed E-state index contributed by atoms with van der Waals surface area (Å²) in [6.07, 6.45) is 4.63. The molecule has 16 heavy (non-hydrogen) atoms. The Morgan fingerprint density at radius 1 is 1.38 bits per heavy atom. The normalized spacial score (nSPS) is 10.1. The Bertz CT molecular complexity index is 492. The van der Waals surface area contributed by atoms with Crippen LogP contribution in [-0.4, -0.2) is 15.2 Å². The number of hydrogen-bond donors (Lipinski definition) is 1. The molecule has 2 rings (SSSR count). The highest BCUT2D eigenvalue weighted by molar-refractivity contribution is 6.30. The molecule has 0 bridgehead atoms. The first kappa shape index (κ1) is 10.8. The lowest BCUT2D eigenvalue weighted by Gasteiger charge is -2.06. The molecule has 0 radical (unpaired) electrons. The van der Waals surface area contributed by atoms with E-state index in [4.69, 9.17) is 22.1 Å². The van der Waals surface area contributed by atoms with Crippen molar-refractivity contribution in [3.63, 3.8) is 0 Å². The number of nitrogens with zero attached hydrogens (tertiary/aromatic N) is 3. The minimum absolute atomic E-state index is 0.332. The third-order valence-corrected chi connectivity index (χ3v) is 2.09. The van der Waals surface area contributed by atoms with Gasteiger partial charge in [-0.1, -0.05) is 11.6 Å². The van der Waals surface area contributed by atoms with Crippen LogP contribution in [0.4, 0.5) is 0 Å². The van der Waals surface area contributed by atoms with Gasteiger partial charge >= 0.3 is 0 Å². The van der Waals surface area contributed by atoms with Crippen molar-refractivity contribution in [1.29, 1.82) is 0 Å². The Hall–Kier alpha value is -1.72. The van der Waals surface area contributed by atoms with Gasteiger partial charge in [-0.2, -0.15) is 5.10 Å². The topological polar surface area (TPSA) is 73.9 Å². The van der Waals surface area contributed by atoms with Gasteiger partial charge in [0.15, 0.2) is 0 Å². The fraction of sp³-hybridized carbons (Fsp3) is 0.100. The zero-order valence-electron chi connectivity index (χ0n) is 8.30. The highest BCUT2D eigenvalue weighted by Gasteiger charge is 2.05. The Labute approximate surface area is 97.2 Å². The van der Waals surface area contributed by atoms with Crippen molar-refractivity contribution in [3.8, 4) is 11.6 Å². The molecule has 0 saturated heterocycles. The standard InChI is InChI=1S/C10H9ClN4O/c11-8-3-9(6-13-5-8)16-10-7(4-12)1-2-14-15-10/h1-3,5-6H,4,12H2. The van der Waals surface area contributed by atoms with E-state index in [0.717, 1.165) is 5.56 Å². The van der Waals surface area contributed by atoms with Crippen LogP contribution in [0, 0.1) is 0 Å². The summed E-state index contributed by atoms with van der Waals surface area (Å²) in [7, 11) is 0. The van der Waals surface area contributed by atoms with Gasteiger partial charge in [-0.3, -0.25) is 4.98 Å². The number of ether oxygens (including phenoxy) is 1. The molecule has 0 spiro atoms. The van der Waals surface area contributed by atoms with E-state index in [1.165, 1.54) is 6.20 Å². The maximum atomic E-state index is 5.78. The Kier molecular flexibility index (Phi) is 3.28. The molecular weight excluding hydrogens is 228 g/mol. The molecule has 0 saturated carbocycles. The monoisotopic (exact) mass is 236 g/mol. The fourth-order valence-electron chi connectivity index (χ4n) is 1.15. The molecule has 5 nitrogen and oxygen atoms in total. The van der Waals surface area contributed by atoms with Crippen LogP contribution in [0.1, 0.15) is 5.56 Å². The van der Waals surface area contributed by atoms with Crippen molar-refractivity contribution in [2.45, 2.75) is 6.54 Å². The number of hydrogen-bond acceptors (Lipinski definition) is 5. The molecule has 0 amide bonds. The fourth-order valence-corrected chi connectivity index (χ4v) is 1.31. The molecule has 0 unspecified atom stereocenters. The largest absolute Gasteiger partial charge is 0.436 e. The Morgan fingerprint density at radius 2 is 2.25 bits per heavy atom. The third-order valence-electron chi connectivity index (χ3n) is 1.88. The van der Waals surface area contributed by atoms with E-state index in [9.17, 15) is 0 Å². The number of nitrogens with two attached hydrogens (primary N) is 1. The van der Waals surface area contributed by atoms with Crippen LogP contribution in [0.3, 0.4) is 0 Å². The van der Waals surface area contributed by atoms with Gasteiger partial charge in [-0.25, -0.2) is 0 Å². The van der Waals surface area contributed by atoms with Gasteiger partial charge in [0.2, 0.25) is 5.88 Å². The van der Waals surface area contributed by atoms with Crippen LogP contribution in [0.5, 0.6) is 11.6 Å². The van der Waals surface area contributed by atoms with Gasteiger partial charge in [0.05, 0.1) is 17.4 Å². The Morgan fingerprint density at radius 3 is 3.00 bits per heavy atom. The van der Waals surface area contributed by atoms with Crippen LogP contribution in [0.2, 0.25) is 5.02 Å². The van der Waals surface area contributed by atoms with Crippen molar-refractivity contribution < 1.29 is 4.74 Å². The third kappa shape index (κ3) is 2.44. The van der Waals surface area contributed by atoms with Crippen LogP contribution >= 0.6 is 11.6 Å². The smallest absolute Gasteiger partial charge is 0.243 e. The van der Waals surface area contributed by atoms with Gasteiger partial charge in [0.1, 0.15) is 5.75 Å². The summed E-state index contributed by atoms with van der Waals surface area (Å²) in [5, 5.41) is 8.08. The lowest BCUT2D eigenvalue weighted by atomic mass is 10.3. The van der Waals surface area contributed by atoms with E-state index >= 15 is 0 Å². The summed E-state index contributed by atoms with van der Waals surface area (Å²) in [5.41, 5.74) is 6.32. The minimum atomic E-state index is 0.332. The zero-order valence-corrected chi connectivity index (χ0v) is 9.05. The van der Waals surface area contributed by atoms with E-state index < -0.39 is 0 Å². The molecule has 0 aliphatic heterocycles. The maximum Gasteiger partial charge on any atom is 0.243 e. The Balaban J connectivity index is 2.26. The predicted octanol–water partition coefficient (Wildman–Crippen LogP) is 1.78. The van der Waals surface area contributed by atoms with Crippen molar-refractivity contribution in [1.82, 2.24) is 15.2 Å². The second kappa shape index (κ2) is 4.87. The van der Waals surface area contributed by atoms with Crippen LogP contribution in [0.15, 0.2) is 30.7 Å². The second-order valence-corrected chi connectivity index (χ2v) is 3.44. The summed E-state index contributed by atoms with van der Waals surface area (Å²) in [5.74, 6) is 0.872. The molecular formula is C10H9ClN4O. The first-order valence-corrected chi connectivity index (χ1v) is 4.96. The lowest BCUT2D eigenvalue weighted by molar-refractivity contribution is 0.446. The molecule has 0 aliphatic rings. The predicted molar refractivity (Wildman–Crippen MR) is 59.2 cm³/mol. The van der Waals surface area contributed by atoms with E-state index in [1.807, 2.05) is 0 Å². The maximum absolute atomic E-state index is 5.78. The van der Waals surface area contributed by atoms with E-state index in [2.05, 4.69) is 15.2 Å². The molecule has 82 valence electrons. The average molecular weight is 237 g/mol. The van der Waals surface area contributed by atoms with Crippen molar-refractivity contribution in [3.05, 3.63) is 41.3 Å². The van der Waals surface area contributed by atoms with Gasteiger partial charge < -0.3 is 10.5 Å². The molecule has 2 aromatic rings. The number of pyridine rings is 1. The average Bonchev–Trinajstić information content (AvgIpc) is 2.30. The van der Waals surface area contributed by atoms with Crippen LogP contribution in [0.25, 0.3) is 0 Å². The number of rotatable bonds is 3. The number of halogens is 1. The van der Waals surface area contributed by atoms with Crippen LogP contribution in [-0.2, 0) is 6.54 Å². The highest BCUT2D eigenvalue weighted by atomic mass is 35.5. The summed E-state index contributed by atoms with van der Waals surface area (Å²) in [6, 6.07) is 3.39. The molecule has 0 aliphatic carbocycles. The van der Waals surface area contributed by atoms with Crippen LogP contribution < -0.4 is 10.5 Å². The van der Waals surface area contributed by atoms with E-state index in [0.29, 0.717) is 23.2 Å². The van der Waals surface area contributed by atoms with Gasteiger partial charge in [-0.05, 0) is 6.07 Å². The van der Waals surface area contributed by atoms with Crippen molar-refractivity contribution in [2.75, 3.05) is 0 Å². The van der Waals surface area contributed by atoms with E-state index in [-0.39, 0.29) is 0 Å². The van der Waals surface area contributed by atoms with Gasteiger partial charge in [-0.15, -0.1) is 5.10 Å². The molecule has 0 atom stereocenters. The minimum Gasteiger partial charge on any atom is -0.436 e. The molecule has 6 heteroatoms. The SMILES string of the molecule is NCc1ccnnc1Oc1cncc(Cl)c1. The van der Waals surface area contributed by atoms with E-state index in [1.54, 1.807) is 24.5 Å². The summed E-state index contributed by atoms with van der Waals surface area (Å²) in [4.78, 5) is 3.90. The first-order chi connectivity index (χ1) is 7.79. The molecule has 2 aromatic heterocycles. The highest BCUT2D eigenvalue weighted by Crippen LogP contribution is 2.23. The summed E-state index contributed by atoms with van der Waals surface area (Å²) < 4.78 is 5.48. The molecule has 0 aromatic carbocycles. The van der Waals surface area contributed by atoms with Gasteiger partial charge in [0, 0.05) is 24.4 Å². The molecule has 2 heterocycles. The second-order valence-electron chi connectivity index (χ2n) is 3.01. The summed E-state index contributed by atoms with van der Waals surface area (Å²) in [6.45, 7) is 0.332. The zero-order chi connectivity index (χ0) is 11.4. The first-order valence-electron chi connectivity index (χ1n) is 4.58. The van der Waals surface area contributed by atoms with Gasteiger partial charge in [0.25, 0.3) is 0 Å². The number of aromatic nitrogens is 3. The summed E-state index contributed by atoms with van der Waals surface area (Å²) >= 11 is 5.78. The van der Waals surface area contributed by atoms with Crippen molar-refractivity contribution >= 4 is 11.6 Å². The van der Waals surface area contributed by atoms with Crippen molar-refractivity contribution in [2.24, 2.45) is 5.73 Å². The quantitative estimate of drug-likeness (QED) is 0.879.